The van der Waals surface area contributed by atoms with E-state index in [9.17, 15) is 4.79 Å². The number of carbonyl (C=O) groups is 1. The van der Waals surface area contributed by atoms with Crippen LogP contribution in [-0.4, -0.2) is 18.5 Å². The van der Waals surface area contributed by atoms with Gasteiger partial charge in [0.05, 0.1) is 5.92 Å². The van der Waals surface area contributed by atoms with E-state index in [-0.39, 0.29) is 17.2 Å². The highest BCUT2D eigenvalue weighted by atomic mass is 16.2. The van der Waals surface area contributed by atoms with Crippen molar-refractivity contribution in [3.8, 4) is 0 Å². The molecular weight excluding hydrogens is 248 g/mol. The topological polar surface area (TPSA) is 55.1 Å². The summed E-state index contributed by atoms with van der Waals surface area (Å²) in [5, 5.41) is 3.16. The van der Waals surface area contributed by atoms with Crippen molar-refractivity contribution in [3.05, 3.63) is 35.9 Å². The van der Waals surface area contributed by atoms with Gasteiger partial charge < -0.3 is 11.1 Å². The first-order valence-electron chi connectivity index (χ1n) is 7.46. The van der Waals surface area contributed by atoms with Gasteiger partial charge in [-0.2, -0.15) is 0 Å². The van der Waals surface area contributed by atoms with E-state index in [4.69, 9.17) is 5.73 Å². The molecule has 3 N–H and O–H groups in total. The Labute approximate surface area is 121 Å². The van der Waals surface area contributed by atoms with Gasteiger partial charge in [0, 0.05) is 18.5 Å². The summed E-state index contributed by atoms with van der Waals surface area (Å²) in [5.74, 6) is 0.520. The van der Waals surface area contributed by atoms with Gasteiger partial charge in [-0.05, 0) is 23.8 Å². The fourth-order valence-electron chi connectivity index (χ4n) is 2.75. The first kappa shape index (κ1) is 15.0. The van der Waals surface area contributed by atoms with E-state index in [0.29, 0.717) is 18.5 Å². The Hall–Kier alpha value is -1.35. The number of benzene rings is 1. The maximum atomic E-state index is 12.3. The summed E-state index contributed by atoms with van der Waals surface area (Å²) in [7, 11) is 0. The van der Waals surface area contributed by atoms with Crippen LogP contribution in [-0.2, 0) is 4.79 Å². The van der Waals surface area contributed by atoms with E-state index in [1.807, 2.05) is 6.07 Å². The van der Waals surface area contributed by atoms with Crippen LogP contribution in [0.3, 0.4) is 0 Å². The van der Waals surface area contributed by atoms with E-state index in [2.05, 4.69) is 50.4 Å². The lowest BCUT2D eigenvalue weighted by atomic mass is 9.84. The van der Waals surface area contributed by atoms with Crippen molar-refractivity contribution < 1.29 is 4.79 Å². The van der Waals surface area contributed by atoms with Crippen LogP contribution < -0.4 is 11.1 Å². The molecule has 3 atom stereocenters. The maximum absolute atomic E-state index is 12.3. The second-order valence-electron chi connectivity index (χ2n) is 7.07. The number of amides is 1. The molecule has 3 unspecified atom stereocenters. The number of carbonyl (C=O) groups excluding carboxylic acids is 1. The van der Waals surface area contributed by atoms with Gasteiger partial charge in [0.1, 0.15) is 0 Å². The quantitative estimate of drug-likeness (QED) is 0.867. The van der Waals surface area contributed by atoms with Crippen LogP contribution in [0, 0.1) is 11.3 Å². The van der Waals surface area contributed by atoms with E-state index in [1.54, 1.807) is 0 Å². The number of hydrogen-bond acceptors (Lipinski definition) is 2. The lowest BCUT2D eigenvalue weighted by molar-refractivity contribution is -0.125. The summed E-state index contributed by atoms with van der Waals surface area (Å²) >= 11 is 0. The fourth-order valence-corrected chi connectivity index (χ4v) is 2.75. The molecule has 1 fully saturated rings. The molecule has 0 spiro atoms. The van der Waals surface area contributed by atoms with E-state index >= 15 is 0 Å². The molecule has 20 heavy (non-hydrogen) atoms. The number of rotatable bonds is 5. The Kier molecular flexibility index (Phi) is 4.48. The molecular formula is C17H26N2O. The Morgan fingerprint density at radius 1 is 1.35 bits per heavy atom. The molecule has 0 heterocycles. The van der Waals surface area contributed by atoms with Gasteiger partial charge in [0.25, 0.3) is 0 Å². The van der Waals surface area contributed by atoms with Crippen LogP contribution in [0.2, 0.25) is 0 Å². The molecule has 0 radical (unpaired) electrons. The minimum Gasteiger partial charge on any atom is -0.352 e. The third-order valence-corrected chi connectivity index (χ3v) is 3.86. The third kappa shape index (κ3) is 4.07. The van der Waals surface area contributed by atoms with Gasteiger partial charge in [0.15, 0.2) is 0 Å². The van der Waals surface area contributed by atoms with Crippen LogP contribution >= 0.6 is 0 Å². The van der Waals surface area contributed by atoms with Crippen LogP contribution in [0.4, 0.5) is 0 Å². The molecule has 3 nitrogen and oxygen atoms in total. The largest absolute Gasteiger partial charge is 0.352 e. The highest BCUT2D eigenvalue weighted by Crippen LogP contribution is 2.40. The zero-order valence-corrected chi connectivity index (χ0v) is 12.7. The normalized spacial score (nSPS) is 23.2. The summed E-state index contributed by atoms with van der Waals surface area (Å²) < 4.78 is 0. The standard InChI is InChI=1S/C17H26N2O/c1-17(2,3)10-13(11-18)16(20)19-15-9-14(15)12-7-5-4-6-8-12/h4-8,13-15H,9-11,18H2,1-3H3,(H,19,20). The van der Waals surface area contributed by atoms with Crippen LogP contribution in [0.25, 0.3) is 0 Å². The fraction of sp³-hybridized carbons (Fsp3) is 0.588. The van der Waals surface area contributed by atoms with Gasteiger partial charge in [-0.25, -0.2) is 0 Å². The highest BCUT2D eigenvalue weighted by molar-refractivity contribution is 5.79. The van der Waals surface area contributed by atoms with Crippen molar-refractivity contribution in [2.75, 3.05) is 6.54 Å². The molecule has 0 aliphatic heterocycles. The number of nitrogens with one attached hydrogen (secondary N) is 1. The Balaban J connectivity index is 1.87. The minimum absolute atomic E-state index is 0.0768. The van der Waals surface area contributed by atoms with Gasteiger partial charge in [-0.3, -0.25) is 4.79 Å². The first-order valence-corrected chi connectivity index (χ1v) is 7.46. The molecule has 1 amide bonds. The Morgan fingerprint density at radius 2 is 2.00 bits per heavy atom. The van der Waals surface area contributed by atoms with E-state index in [1.165, 1.54) is 5.56 Å². The van der Waals surface area contributed by atoms with Crippen molar-refractivity contribution in [2.45, 2.75) is 45.6 Å². The summed E-state index contributed by atoms with van der Waals surface area (Å²) in [6.45, 7) is 6.86. The van der Waals surface area contributed by atoms with Crippen molar-refractivity contribution in [1.29, 1.82) is 0 Å². The zero-order valence-electron chi connectivity index (χ0n) is 12.7. The Morgan fingerprint density at radius 3 is 2.55 bits per heavy atom. The molecule has 1 aromatic rings. The molecule has 2 rings (SSSR count). The predicted octanol–water partition coefficient (Wildman–Crippen LogP) is 2.67. The van der Waals surface area contributed by atoms with Crippen molar-refractivity contribution in [1.82, 2.24) is 5.32 Å². The average molecular weight is 274 g/mol. The monoisotopic (exact) mass is 274 g/mol. The number of hydrogen-bond donors (Lipinski definition) is 2. The molecule has 1 saturated carbocycles. The Bertz CT molecular complexity index is 450. The molecule has 0 bridgehead atoms. The van der Waals surface area contributed by atoms with E-state index < -0.39 is 0 Å². The minimum atomic E-state index is -0.0768. The molecule has 0 saturated heterocycles. The van der Waals surface area contributed by atoms with Crippen LogP contribution in [0.15, 0.2) is 30.3 Å². The smallest absolute Gasteiger partial charge is 0.224 e. The second-order valence-corrected chi connectivity index (χ2v) is 7.07. The summed E-state index contributed by atoms with van der Waals surface area (Å²) in [5.41, 5.74) is 7.21. The molecule has 1 aliphatic carbocycles. The van der Waals surface area contributed by atoms with Gasteiger partial charge in [-0.15, -0.1) is 0 Å². The number of nitrogens with two attached hydrogens (primary N) is 1. The highest BCUT2D eigenvalue weighted by Gasteiger charge is 2.40. The molecule has 0 aromatic heterocycles. The predicted molar refractivity (Wildman–Crippen MR) is 82.3 cm³/mol. The van der Waals surface area contributed by atoms with Crippen LogP contribution in [0.5, 0.6) is 0 Å². The van der Waals surface area contributed by atoms with Crippen molar-refractivity contribution in [3.63, 3.8) is 0 Å². The lowest BCUT2D eigenvalue weighted by Gasteiger charge is -2.24. The first-order chi connectivity index (χ1) is 9.40. The van der Waals surface area contributed by atoms with Crippen molar-refractivity contribution in [2.24, 2.45) is 17.1 Å². The summed E-state index contributed by atoms with van der Waals surface area (Å²) in [6.07, 6.45) is 1.88. The molecule has 110 valence electrons. The maximum Gasteiger partial charge on any atom is 0.224 e. The van der Waals surface area contributed by atoms with Crippen LogP contribution in [0.1, 0.15) is 45.1 Å². The van der Waals surface area contributed by atoms with Gasteiger partial charge >= 0.3 is 0 Å². The summed E-state index contributed by atoms with van der Waals surface area (Å²) in [4.78, 5) is 12.3. The second kappa shape index (κ2) is 5.96. The van der Waals surface area contributed by atoms with Gasteiger partial charge in [-0.1, -0.05) is 51.1 Å². The third-order valence-electron chi connectivity index (χ3n) is 3.86. The average Bonchev–Trinajstić information content (AvgIpc) is 3.15. The lowest BCUT2D eigenvalue weighted by Crippen LogP contribution is -2.38. The molecule has 3 heteroatoms. The van der Waals surface area contributed by atoms with Crippen molar-refractivity contribution >= 4 is 5.91 Å². The molecule has 1 aromatic carbocycles. The van der Waals surface area contributed by atoms with Gasteiger partial charge in [0.2, 0.25) is 5.91 Å². The van der Waals surface area contributed by atoms with E-state index in [0.717, 1.165) is 12.8 Å². The SMILES string of the molecule is CC(C)(C)CC(CN)C(=O)NC1CC1c1ccccc1. The zero-order chi connectivity index (χ0) is 14.8. The molecule has 1 aliphatic rings. The summed E-state index contributed by atoms with van der Waals surface area (Å²) in [6, 6.07) is 10.7.